The molecule has 0 unspecified atom stereocenters. The van der Waals surface area contributed by atoms with E-state index in [4.69, 9.17) is 10.5 Å². The zero-order valence-corrected chi connectivity index (χ0v) is 13.8. The predicted molar refractivity (Wildman–Crippen MR) is 85.0 cm³/mol. The van der Waals surface area contributed by atoms with E-state index in [1.807, 2.05) is 4.90 Å². The van der Waals surface area contributed by atoms with E-state index < -0.39 is 0 Å². The summed E-state index contributed by atoms with van der Waals surface area (Å²) in [5.74, 6) is 1.66. The Labute approximate surface area is 129 Å². The first-order chi connectivity index (χ1) is 10.1. The largest absolute Gasteiger partial charge is 0.364 e. The molecule has 0 radical (unpaired) electrons. The quantitative estimate of drug-likeness (QED) is 0.848. The van der Waals surface area contributed by atoms with Crippen molar-refractivity contribution in [1.82, 2.24) is 4.90 Å². The third-order valence-electron chi connectivity index (χ3n) is 5.47. The third-order valence-corrected chi connectivity index (χ3v) is 5.47. The van der Waals surface area contributed by atoms with Crippen LogP contribution in [0.3, 0.4) is 0 Å². The van der Waals surface area contributed by atoms with Crippen molar-refractivity contribution in [2.45, 2.75) is 64.4 Å². The number of carbonyl (C=O) groups excluding carboxylic acids is 1. The minimum atomic E-state index is -0.253. The van der Waals surface area contributed by atoms with Crippen LogP contribution in [0.1, 0.15) is 58.8 Å². The molecule has 0 bridgehead atoms. The van der Waals surface area contributed by atoms with Crippen molar-refractivity contribution < 1.29 is 9.53 Å². The molecule has 1 aliphatic carbocycles. The van der Waals surface area contributed by atoms with Crippen molar-refractivity contribution in [1.29, 1.82) is 0 Å². The average molecular weight is 296 g/mol. The first-order valence-corrected chi connectivity index (χ1v) is 8.68. The van der Waals surface area contributed by atoms with Crippen LogP contribution in [0, 0.1) is 11.8 Å². The number of nitrogens with two attached hydrogens (primary N) is 1. The van der Waals surface area contributed by atoms with Crippen molar-refractivity contribution >= 4 is 5.91 Å². The fraction of sp³-hybridized carbons (Fsp3) is 0.941. The standard InChI is InChI=1S/C17H32N2O2/c1-14(2)15-6-8-17(13-18,9-7-15)21-12-16(20)19-10-4-3-5-11-19/h14-15H,3-13,18H2,1-2H3. The molecule has 4 heteroatoms. The maximum Gasteiger partial charge on any atom is 0.248 e. The van der Waals surface area contributed by atoms with Gasteiger partial charge in [-0.25, -0.2) is 0 Å². The number of nitrogens with zero attached hydrogens (tertiary/aromatic N) is 1. The Balaban J connectivity index is 1.81. The number of likely N-dealkylation sites (tertiary alicyclic amines) is 1. The SMILES string of the molecule is CC(C)C1CCC(CN)(OCC(=O)N2CCCCC2)CC1. The minimum absolute atomic E-state index is 0.147. The van der Waals surface area contributed by atoms with Gasteiger partial charge in [0, 0.05) is 19.6 Å². The Hall–Kier alpha value is -0.610. The molecule has 0 aromatic heterocycles. The van der Waals surface area contributed by atoms with Crippen LogP contribution < -0.4 is 5.73 Å². The number of hydrogen-bond donors (Lipinski definition) is 1. The number of hydrogen-bond acceptors (Lipinski definition) is 3. The summed E-state index contributed by atoms with van der Waals surface area (Å²) in [6.07, 6.45) is 7.85. The molecular formula is C17H32N2O2. The molecule has 0 spiro atoms. The summed E-state index contributed by atoms with van der Waals surface area (Å²) < 4.78 is 6.05. The van der Waals surface area contributed by atoms with Crippen LogP contribution in [-0.4, -0.2) is 42.6 Å². The van der Waals surface area contributed by atoms with Gasteiger partial charge in [-0.05, 0) is 56.8 Å². The van der Waals surface area contributed by atoms with Crippen molar-refractivity contribution in [3.63, 3.8) is 0 Å². The second-order valence-electron chi connectivity index (χ2n) is 7.20. The van der Waals surface area contributed by atoms with Gasteiger partial charge in [0.1, 0.15) is 6.61 Å². The van der Waals surface area contributed by atoms with Gasteiger partial charge in [0.05, 0.1) is 5.60 Å². The maximum absolute atomic E-state index is 12.2. The molecular weight excluding hydrogens is 264 g/mol. The zero-order valence-electron chi connectivity index (χ0n) is 13.8. The van der Waals surface area contributed by atoms with Gasteiger partial charge in [0.2, 0.25) is 5.91 Å². The molecule has 1 heterocycles. The molecule has 4 nitrogen and oxygen atoms in total. The van der Waals surface area contributed by atoms with E-state index in [1.165, 1.54) is 19.3 Å². The second kappa shape index (κ2) is 7.59. The average Bonchev–Trinajstić information content (AvgIpc) is 2.53. The van der Waals surface area contributed by atoms with Crippen molar-refractivity contribution in [3.8, 4) is 0 Å². The van der Waals surface area contributed by atoms with Gasteiger partial charge in [-0.15, -0.1) is 0 Å². The summed E-state index contributed by atoms with van der Waals surface area (Å²) in [4.78, 5) is 14.2. The van der Waals surface area contributed by atoms with E-state index in [0.29, 0.717) is 6.54 Å². The highest BCUT2D eigenvalue weighted by atomic mass is 16.5. The number of carbonyl (C=O) groups is 1. The van der Waals surface area contributed by atoms with Crippen molar-refractivity contribution in [3.05, 3.63) is 0 Å². The molecule has 0 atom stereocenters. The topological polar surface area (TPSA) is 55.6 Å². The highest BCUT2D eigenvalue weighted by Crippen LogP contribution is 2.37. The molecule has 0 aromatic rings. The Bertz CT molecular complexity index is 330. The van der Waals surface area contributed by atoms with Crippen LogP contribution in [0.4, 0.5) is 0 Å². The minimum Gasteiger partial charge on any atom is -0.364 e. The molecule has 2 rings (SSSR count). The third kappa shape index (κ3) is 4.43. The fourth-order valence-electron chi connectivity index (χ4n) is 3.69. The monoisotopic (exact) mass is 296 g/mol. The summed E-state index contributed by atoms with van der Waals surface area (Å²) in [5, 5.41) is 0. The van der Waals surface area contributed by atoms with Crippen LogP contribution in [0.2, 0.25) is 0 Å². The first-order valence-electron chi connectivity index (χ1n) is 8.68. The molecule has 1 amide bonds. The van der Waals surface area contributed by atoms with Crippen molar-refractivity contribution in [2.75, 3.05) is 26.2 Å². The summed E-state index contributed by atoms with van der Waals surface area (Å²) in [5.41, 5.74) is 5.72. The summed E-state index contributed by atoms with van der Waals surface area (Å²) in [6, 6.07) is 0. The predicted octanol–water partition coefficient (Wildman–Crippen LogP) is 2.56. The molecule has 0 aromatic carbocycles. The normalized spacial score (nSPS) is 30.7. The Kier molecular flexibility index (Phi) is 6.06. The van der Waals surface area contributed by atoms with Gasteiger partial charge in [0.15, 0.2) is 0 Å². The van der Waals surface area contributed by atoms with Crippen molar-refractivity contribution in [2.24, 2.45) is 17.6 Å². The first kappa shape index (κ1) is 16.8. The van der Waals surface area contributed by atoms with Crippen LogP contribution in [0.5, 0.6) is 0 Å². The Morgan fingerprint density at radius 2 is 1.86 bits per heavy atom. The van der Waals surface area contributed by atoms with Gasteiger partial charge in [0.25, 0.3) is 0 Å². The number of piperidine rings is 1. The Morgan fingerprint density at radius 3 is 2.38 bits per heavy atom. The molecule has 1 saturated carbocycles. The lowest BCUT2D eigenvalue weighted by Crippen LogP contribution is -2.47. The molecule has 2 aliphatic rings. The van der Waals surface area contributed by atoms with Gasteiger partial charge in [-0.2, -0.15) is 0 Å². The highest BCUT2D eigenvalue weighted by molar-refractivity contribution is 5.77. The highest BCUT2D eigenvalue weighted by Gasteiger charge is 2.36. The zero-order chi connectivity index (χ0) is 15.3. The van der Waals surface area contributed by atoms with E-state index in [0.717, 1.165) is 50.6 Å². The number of rotatable bonds is 5. The fourth-order valence-corrected chi connectivity index (χ4v) is 3.69. The lowest BCUT2D eigenvalue weighted by Gasteiger charge is -2.40. The van der Waals surface area contributed by atoms with Crippen LogP contribution in [-0.2, 0) is 9.53 Å². The second-order valence-corrected chi connectivity index (χ2v) is 7.20. The summed E-state index contributed by atoms with van der Waals surface area (Å²) >= 11 is 0. The molecule has 122 valence electrons. The van der Waals surface area contributed by atoms with E-state index in [1.54, 1.807) is 0 Å². The number of amides is 1. The van der Waals surface area contributed by atoms with Gasteiger partial charge >= 0.3 is 0 Å². The van der Waals surface area contributed by atoms with E-state index in [2.05, 4.69) is 13.8 Å². The summed E-state index contributed by atoms with van der Waals surface area (Å²) in [6.45, 7) is 7.12. The van der Waals surface area contributed by atoms with E-state index in [-0.39, 0.29) is 18.1 Å². The van der Waals surface area contributed by atoms with Gasteiger partial charge < -0.3 is 15.4 Å². The van der Waals surface area contributed by atoms with Crippen LogP contribution in [0.15, 0.2) is 0 Å². The molecule has 1 saturated heterocycles. The lowest BCUT2D eigenvalue weighted by molar-refractivity contribution is -0.147. The molecule has 21 heavy (non-hydrogen) atoms. The number of ether oxygens (including phenoxy) is 1. The molecule has 2 N–H and O–H groups in total. The van der Waals surface area contributed by atoms with E-state index >= 15 is 0 Å². The Morgan fingerprint density at radius 1 is 1.24 bits per heavy atom. The lowest BCUT2D eigenvalue weighted by atomic mass is 9.74. The summed E-state index contributed by atoms with van der Waals surface area (Å²) in [7, 11) is 0. The maximum atomic E-state index is 12.2. The van der Waals surface area contributed by atoms with E-state index in [9.17, 15) is 4.79 Å². The van der Waals surface area contributed by atoms with Gasteiger partial charge in [-0.1, -0.05) is 13.8 Å². The molecule has 1 aliphatic heterocycles. The smallest absolute Gasteiger partial charge is 0.248 e. The van der Waals surface area contributed by atoms with Crippen LogP contribution >= 0.6 is 0 Å². The van der Waals surface area contributed by atoms with Gasteiger partial charge in [-0.3, -0.25) is 4.79 Å². The molecule has 2 fully saturated rings. The van der Waals surface area contributed by atoms with Crippen LogP contribution in [0.25, 0.3) is 0 Å².